The first-order chi connectivity index (χ1) is 21.7. The Kier molecular flexibility index (Phi) is 9.02. The van der Waals surface area contributed by atoms with Gasteiger partial charge < -0.3 is 14.7 Å². The number of phenolic OH excluding ortho intramolecular Hbond substituents is 1. The molecule has 0 aliphatic carbocycles. The molecule has 1 aromatic heterocycles. The minimum atomic E-state index is -0.126. The molecular formula is C42H55N3O2. The predicted molar refractivity (Wildman–Crippen MR) is 199 cm³/mol. The molecule has 1 atom stereocenters. The minimum absolute atomic E-state index is 0.00436. The highest BCUT2D eigenvalue weighted by atomic mass is 16.5. The third kappa shape index (κ3) is 7.20. The second kappa shape index (κ2) is 12.3. The van der Waals surface area contributed by atoms with E-state index in [1.54, 1.807) is 0 Å². The van der Waals surface area contributed by atoms with Crippen LogP contribution in [0.3, 0.4) is 0 Å². The number of aliphatic imine (C=N–C) groups is 1. The second-order valence-electron chi connectivity index (χ2n) is 17.1. The van der Waals surface area contributed by atoms with Crippen molar-refractivity contribution in [3.63, 3.8) is 0 Å². The molecular weight excluding hydrogens is 578 g/mol. The summed E-state index contributed by atoms with van der Waals surface area (Å²) in [5, 5.41) is 11.8. The van der Waals surface area contributed by atoms with Crippen molar-refractivity contribution >= 4 is 22.4 Å². The van der Waals surface area contributed by atoms with Gasteiger partial charge in [0.1, 0.15) is 22.9 Å². The summed E-state index contributed by atoms with van der Waals surface area (Å²) in [6.45, 7) is 29.9. The molecule has 0 spiro atoms. The van der Waals surface area contributed by atoms with Crippen molar-refractivity contribution < 1.29 is 9.84 Å². The van der Waals surface area contributed by atoms with Gasteiger partial charge >= 0.3 is 0 Å². The fraction of sp³-hybridized carbons (Fsp3) is 0.476. The Balaban J connectivity index is 1.65. The summed E-state index contributed by atoms with van der Waals surface area (Å²) in [5.74, 6) is 3.03. The van der Waals surface area contributed by atoms with E-state index in [1.165, 1.54) is 16.8 Å². The van der Waals surface area contributed by atoms with Gasteiger partial charge in [-0.2, -0.15) is 0 Å². The Morgan fingerprint density at radius 2 is 1.36 bits per heavy atom. The van der Waals surface area contributed by atoms with Crippen LogP contribution in [-0.2, 0) is 10.8 Å². The van der Waals surface area contributed by atoms with Gasteiger partial charge in [-0.1, -0.05) is 108 Å². The number of anilines is 1. The fourth-order valence-corrected chi connectivity index (χ4v) is 6.27. The van der Waals surface area contributed by atoms with Crippen molar-refractivity contribution in [3.05, 3.63) is 88.5 Å². The molecule has 1 N–H and O–H groups in total. The van der Waals surface area contributed by atoms with Gasteiger partial charge in [0.05, 0.1) is 6.04 Å². The van der Waals surface area contributed by atoms with E-state index in [1.807, 2.05) is 18.2 Å². The molecule has 1 aliphatic heterocycles. The van der Waals surface area contributed by atoms with E-state index in [4.69, 9.17) is 14.7 Å². The highest BCUT2D eigenvalue weighted by Crippen LogP contribution is 2.42. The second-order valence-corrected chi connectivity index (χ2v) is 17.1. The van der Waals surface area contributed by atoms with Crippen LogP contribution < -0.4 is 9.64 Å². The van der Waals surface area contributed by atoms with E-state index in [-0.39, 0.29) is 28.0 Å². The van der Waals surface area contributed by atoms with Crippen LogP contribution in [0, 0.1) is 5.41 Å². The molecule has 3 aromatic carbocycles. The van der Waals surface area contributed by atoms with Crippen molar-refractivity contribution in [2.24, 2.45) is 10.4 Å². The van der Waals surface area contributed by atoms with Crippen molar-refractivity contribution in [2.75, 3.05) is 11.4 Å². The molecule has 4 aromatic rings. The van der Waals surface area contributed by atoms with Gasteiger partial charge in [-0.15, -0.1) is 0 Å². The van der Waals surface area contributed by atoms with Gasteiger partial charge in [0.2, 0.25) is 5.88 Å². The van der Waals surface area contributed by atoms with Gasteiger partial charge in [-0.3, -0.25) is 4.99 Å². The van der Waals surface area contributed by atoms with Gasteiger partial charge in [-0.25, -0.2) is 4.98 Å². The summed E-state index contributed by atoms with van der Waals surface area (Å²) >= 11 is 0. The Hall–Kier alpha value is -3.86. The Morgan fingerprint density at radius 3 is 1.91 bits per heavy atom. The number of hydrogen-bond donors (Lipinski definition) is 1. The number of hydrogen-bond acceptors (Lipinski definition) is 5. The number of pyridine rings is 1. The maximum Gasteiger partial charge on any atom is 0.219 e. The topological polar surface area (TPSA) is 58.0 Å². The van der Waals surface area contributed by atoms with Crippen LogP contribution in [0.2, 0.25) is 0 Å². The Labute approximate surface area is 283 Å². The van der Waals surface area contributed by atoms with Gasteiger partial charge in [0.25, 0.3) is 0 Å². The summed E-state index contributed by atoms with van der Waals surface area (Å²) in [7, 11) is 0. The highest BCUT2D eigenvalue weighted by Gasteiger charge is 2.37. The molecule has 5 heteroatoms. The SMILES string of the molecule is CC(C)c1cccc(C(C)C)c1N1C[C@H](C(C)(C)C)N=C1c1cc(Oc2ccc3cc(C(C)(C)C)cc(O)c3n2)cc(C(C)(C)C)c1. The number of rotatable bonds is 6. The number of para-hydroxylation sites is 1. The average molecular weight is 634 g/mol. The molecule has 1 aliphatic rings. The third-order valence-corrected chi connectivity index (χ3v) is 9.37. The first-order valence-electron chi connectivity index (χ1n) is 17.2. The maximum absolute atomic E-state index is 11.0. The van der Waals surface area contributed by atoms with Crippen LogP contribution >= 0.6 is 0 Å². The molecule has 2 heterocycles. The van der Waals surface area contributed by atoms with E-state index in [0.717, 1.165) is 34.5 Å². The van der Waals surface area contributed by atoms with Crippen LogP contribution in [0.5, 0.6) is 17.4 Å². The van der Waals surface area contributed by atoms with Crippen LogP contribution in [0.1, 0.15) is 130 Å². The lowest BCUT2D eigenvalue weighted by Crippen LogP contribution is -2.35. The normalized spacial score (nSPS) is 16.0. The molecule has 0 unspecified atom stereocenters. The molecule has 0 radical (unpaired) electrons. The lowest BCUT2D eigenvalue weighted by Gasteiger charge is -2.31. The van der Waals surface area contributed by atoms with E-state index in [2.05, 4.69) is 137 Å². The highest BCUT2D eigenvalue weighted by molar-refractivity contribution is 6.12. The zero-order valence-corrected chi connectivity index (χ0v) is 30.9. The van der Waals surface area contributed by atoms with Gasteiger partial charge in [0, 0.05) is 29.2 Å². The van der Waals surface area contributed by atoms with Crippen LogP contribution in [0.25, 0.3) is 10.9 Å². The van der Waals surface area contributed by atoms with Gasteiger partial charge in [0.15, 0.2) is 0 Å². The van der Waals surface area contributed by atoms with E-state index in [0.29, 0.717) is 29.0 Å². The smallest absolute Gasteiger partial charge is 0.219 e. The molecule has 5 nitrogen and oxygen atoms in total. The first kappa shape index (κ1) is 34.5. The lowest BCUT2D eigenvalue weighted by atomic mass is 9.85. The monoisotopic (exact) mass is 633 g/mol. The number of aromatic nitrogens is 1. The molecule has 0 saturated carbocycles. The number of amidine groups is 1. The van der Waals surface area contributed by atoms with Gasteiger partial charge in [-0.05, 0) is 86.7 Å². The van der Waals surface area contributed by atoms with E-state index >= 15 is 0 Å². The van der Waals surface area contributed by atoms with Crippen LogP contribution in [0.4, 0.5) is 5.69 Å². The van der Waals surface area contributed by atoms with E-state index < -0.39 is 0 Å². The minimum Gasteiger partial charge on any atom is -0.506 e. The molecule has 47 heavy (non-hydrogen) atoms. The first-order valence-corrected chi connectivity index (χ1v) is 17.2. The van der Waals surface area contributed by atoms with Crippen molar-refractivity contribution in [1.82, 2.24) is 4.98 Å². The third-order valence-electron chi connectivity index (χ3n) is 9.37. The van der Waals surface area contributed by atoms with E-state index in [9.17, 15) is 5.11 Å². The molecule has 0 bridgehead atoms. The quantitative estimate of drug-likeness (QED) is 0.229. The van der Waals surface area contributed by atoms with Crippen molar-refractivity contribution in [3.8, 4) is 17.4 Å². The number of aromatic hydroxyl groups is 1. The number of nitrogens with zero attached hydrogens (tertiary/aromatic N) is 3. The standard InChI is InChI=1S/C42H55N3O2/c1-25(2)32-15-14-16-33(26(3)4)38(32)45-24-35(42(11,12)13)43-39(45)28-20-29(40(5,6)7)22-31(21-28)47-36-18-17-27-19-30(41(8,9)10)23-34(46)37(27)44-36/h14-23,25-26,35,46H,24H2,1-13H3/t35-/m1/s1. The maximum atomic E-state index is 11.0. The molecule has 0 fully saturated rings. The zero-order valence-electron chi connectivity index (χ0n) is 30.9. The molecule has 5 rings (SSSR count). The Bertz CT molecular complexity index is 1790. The fourth-order valence-electron chi connectivity index (χ4n) is 6.27. The summed E-state index contributed by atoms with van der Waals surface area (Å²) in [6.07, 6.45) is 0. The van der Waals surface area contributed by atoms with Crippen molar-refractivity contribution in [2.45, 2.75) is 119 Å². The number of benzene rings is 3. The molecule has 250 valence electrons. The molecule has 0 amide bonds. The van der Waals surface area contributed by atoms with Crippen LogP contribution in [0.15, 0.2) is 65.7 Å². The average Bonchev–Trinajstić information content (AvgIpc) is 3.42. The summed E-state index contributed by atoms with van der Waals surface area (Å²) < 4.78 is 6.54. The number of ether oxygens (including phenoxy) is 1. The largest absolute Gasteiger partial charge is 0.506 e. The number of phenols is 1. The van der Waals surface area contributed by atoms with Crippen LogP contribution in [-0.4, -0.2) is 28.5 Å². The summed E-state index contributed by atoms with van der Waals surface area (Å²) in [4.78, 5) is 12.7. The summed E-state index contributed by atoms with van der Waals surface area (Å²) in [6, 6.07) is 21.2. The Morgan fingerprint density at radius 1 is 0.766 bits per heavy atom. The zero-order chi connectivity index (χ0) is 34.6. The van der Waals surface area contributed by atoms with Crippen molar-refractivity contribution in [1.29, 1.82) is 0 Å². The molecule has 0 saturated heterocycles. The summed E-state index contributed by atoms with van der Waals surface area (Å²) in [5.41, 5.74) is 7.55. The predicted octanol–water partition coefficient (Wildman–Crippen LogP) is 11.3. The lowest BCUT2D eigenvalue weighted by molar-refractivity contribution is 0.337. The number of fused-ring (bicyclic) bond motifs is 1.